The molecule has 4 rings (SSSR count). The predicted molar refractivity (Wildman–Crippen MR) is 121 cm³/mol. The number of hydrogen-bond acceptors (Lipinski definition) is 4. The smallest absolute Gasteiger partial charge is 0.248 e. The molecule has 1 heterocycles. The van der Waals surface area contributed by atoms with Crippen LogP contribution in [0.5, 0.6) is 5.75 Å². The van der Waals surface area contributed by atoms with E-state index in [4.69, 9.17) is 9.15 Å². The zero-order valence-corrected chi connectivity index (χ0v) is 17.2. The van der Waals surface area contributed by atoms with Crippen LogP contribution in [-0.2, 0) is 4.79 Å². The number of methoxy groups -OCH3 is 1. The fourth-order valence-electron chi connectivity index (χ4n) is 3.22. The third-order valence-corrected chi connectivity index (χ3v) is 4.91. The number of ether oxygens (including phenoxy) is 1. The van der Waals surface area contributed by atoms with Gasteiger partial charge in [0.15, 0.2) is 5.76 Å². The quantitative estimate of drug-likeness (QED) is 0.330. The minimum atomic E-state index is -0.351. The molecule has 0 saturated heterocycles. The van der Waals surface area contributed by atoms with Crippen LogP contribution in [0.25, 0.3) is 17.0 Å². The summed E-state index contributed by atoms with van der Waals surface area (Å²) in [5.74, 6) is 0.0620. The molecule has 0 bridgehead atoms. The second kappa shape index (κ2) is 8.71. The van der Waals surface area contributed by atoms with Gasteiger partial charge in [-0.3, -0.25) is 9.59 Å². The van der Waals surface area contributed by atoms with Gasteiger partial charge in [0.05, 0.1) is 12.8 Å². The Labute approximate surface area is 180 Å². The van der Waals surface area contributed by atoms with Crippen LogP contribution in [-0.4, -0.2) is 18.8 Å². The van der Waals surface area contributed by atoms with Crippen LogP contribution in [0.15, 0.2) is 83.3 Å². The molecule has 4 aromatic rings. The fraction of sp³-hybridized carbons (Fsp3) is 0.0769. The molecule has 0 aliphatic rings. The van der Waals surface area contributed by atoms with Crippen molar-refractivity contribution in [1.82, 2.24) is 0 Å². The van der Waals surface area contributed by atoms with Crippen LogP contribution >= 0.6 is 0 Å². The number of para-hydroxylation sites is 1. The summed E-state index contributed by atoms with van der Waals surface area (Å²) in [7, 11) is 1.56. The lowest BCUT2D eigenvalue weighted by Crippen LogP contribution is -2.11. The normalized spacial score (nSPS) is 11.0. The number of furan rings is 1. The highest BCUT2D eigenvalue weighted by molar-refractivity contribution is 6.18. The maximum Gasteiger partial charge on any atom is 0.248 e. The number of aryl methyl sites for hydroxylation is 1. The number of ketones is 1. The zero-order chi connectivity index (χ0) is 21.8. The SMILES string of the molecule is COc1ccc(C(=O)c2oc3ccccc3c2NC(=O)C=Cc2ccc(C)cc2)cc1. The minimum Gasteiger partial charge on any atom is -0.497 e. The van der Waals surface area contributed by atoms with Crippen LogP contribution < -0.4 is 10.1 Å². The molecule has 0 atom stereocenters. The maximum absolute atomic E-state index is 13.1. The number of rotatable bonds is 6. The van der Waals surface area contributed by atoms with E-state index in [1.54, 1.807) is 43.5 Å². The molecule has 0 unspecified atom stereocenters. The Morgan fingerprint density at radius 3 is 2.35 bits per heavy atom. The Morgan fingerprint density at radius 2 is 1.65 bits per heavy atom. The summed E-state index contributed by atoms with van der Waals surface area (Å²) in [5.41, 5.74) is 3.37. The van der Waals surface area contributed by atoms with Crippen molar-refractivity contribution < 1.29 is 18.7 Å². The van der Waals surface area contributed by atoms with Crippen LogP contribution in [0, 0.1) is 6.92 Å². The van der Waals surface area contributed by atoms with Crippen molar-refractivity contribution >= 4 is 34.4 Å². The van der Waals surface area contributed by atoms with Gasteiger partial charge in [-0.05, 0) is 55.0 Å². The summed E-state index contributed by atoms with van der Waals surface area (Å²) in [5, 5.41) is 3.49. The van der Waals surface area contributed by atoms with Gasteiger partial charge in [-0.15, -0.1) is 0 Å². The molecule has 0 aliphatic heterocycles. The average molecular weight is 411 g/mol. The van der Waals surface area contributed by atoms with E-state index in [0.29, 0.717) is 28.0 Å². The molecule has 154 valence electrons. The summed E-state index contributed by atoms with van der Waals surface area (Å²) in [4.78, 5) is 25.7. The first-order valence-electron chi connectivity index (χ1n) is 9.81. The van der Waals surface area contributed by atoms with Crippen molar-refractivity contribution in [2.24, 2.45) is 0 Å². The molecule has 0 spiro atoms. The van der Waals surface area contributed by atoms with Crippen LogP contribution in [0.4, 0.5) is 5.69 Å². The standard InChI is InChI=1S/C26H21NO4/c1-17-7-9-18(10-8-17)11-16-23(28)27-24-21-5-3-4-6-22(21)31-26(24)25(29)19-12-14-20(30-2)15-13-19/h3-16H,1-2H3,(H,27,28). The molecule has 3 aromatic carbocycles. The van der Waals surface area contributed by atoms with E-state index in [1.807, 2.05) is 49.4 Å². The van der Waals surface area contributed by atoms with Crippen LogP contribution in [0.2, 0.25) is 0 Å². The molecule has 0 fully saturated rings. The number of nitrogens with one attached hydrogen (secondary N) is 1. The van der Waals surface area contributed by atoms with E-state index in [-0.39, 0.29) is 17.5 Å². The van der Waals surface area contributed by atoms with Gasteiger partial charge < -0.3 is 14.5 Å². The number of carbonyl (C=O) groups is 2. The molecule has 0 radical (unpaired) electrons. The van der Waals surface area contributed by atoms with E-state index in [2.05, 4.69) is 5.32 Å². The van der Waals surface area contributed by atoms with Gasteiger partial charge in [-0.1, -0.05) is 42.0 Å². The second-order valence-electron chi connectivity index (χ2n) is 7.09. The molecular formula is C26H21NO4. The zero-order valence-electron chi connectivity index (χ0n) is 17.2. The number of carbonyl (C=O) groups excluding carboxylic acids is 2. The summed E-state index contributed by atoms with van der Waals surface area (Å²) >= 11 is 0. The van der Waals surface area contributed by atoms with Crippen LogP contribution in [0.1, 0.15) is 27.2 Å². The largest absolute Gasteiger partial charge is 0.497 e. The number of hydrogen-bond donors (Lipinski definition) is 1. The molecule has 5 heteroatoms. The number of anilines is 1. The number of benzene rings is 3. The highest BCUT2D eigenvalue weighted by Crippen LogP contribution is 2.32. The van der Waals surface area contributed by atoms with E-state index < -0.39 is 0 Å². The second-order valence-corrected chi connectivity index (χ2v) is 7.09. The molecule has 1 aromatic heterocycles. The maximum atomic E-state index is 13.1. The van der Waals surface area contributed by atoms with Gasteiger partial charge in [0, 0.05) is 17.0 Å². The summed E-state index contributed by atoms with van der Waals surface area (Å²) in [6, 6.07) is 21.8. The van der Waals surface area contributed by atoms with E-state index in [1.165, 1.54) is 6.08 Å². The monoisotopic (exact) mass is 411 g/mol. The third-order valence-electron chi connectivity index (χ3n) is 4.91. The van der Waals surface area contributed by atoms with Gasteiger partial charge in [-0.2, -0.15) is 0 Å². The molecule has 5 nitrogen and oxygen atoms in total. The highest BCUT2D eigenvalue weighted by atomic mass is 16.5. The summed E-state index contributed by atoms with van der Waals surface area (Å²) < 4.78 is 11.0. The fourth-order valence-corrected chi connectivity index (χ4v) is 3.22. The lowest BCUT2D eigenvalue weighted by atomic mass is 10.1. The summed E-state index contributed by atoms with van der Waals surface area (Å²) in [6.45, 7) is 2.01. The van der Waals surface area contributed by atoms with Gasteiger partial charge in [0.1, 0.15) is 11.3 Å². The molecule has 1 amide bonds. The number of amides is 1. The highest BCUT2D eigenvalue weighted by Gasteiger charge is 2.23. The topological polar surface area (TPSA) is 68.5 Å². The van der Waals surface area contributed by atoms with Crippen molar-refractivity contribution in [3.05, 3.63) is 101 Å². The molecule has 1 N–H and O–H groups in total. The van der Waals surface area contributed by atoms with Crippen molar-refractivity contribution in [2.75, 3.05) is 12.4 Å². The van der Waals surface area contributed by atoms with Gasteiger partial charge >= 0.3 is 0 Å². The predicted octanol–water partition coefficient (Wildman–Crippen LogP) is 5.63. The first kappa shape index (κ1) is 20.2. The lowest BCUT2D eigenvalue weighted by molar-refractivity contribution is -0.111. The van der Waals surface area contributed by atoms with E-state index >= 15 is 0 Å². The molecule has 31 heavy (non-hydrogen) atoms. The van der Waals surface area contributed by atoms with Crippen molar-refractivity contribution in [1.29, 1.82) is 0 Å². The van der Waals surface area contributed by atoms with Crippen molar-refractivity contribution in [3.8, 4) is 5.75 Å². The molecule has 0 saturated carbocycles. The van der Waals surface area contributed by atoms with Gasteiger partial charge in [-0.25, -0.2) is 0 Å². The van der Waals surface area contributed by atoms with Crippen LogP contribution in [0.3, 0.4) is 0 Å². The minimum absolute atomic E-state index is 0.0865. The summed E-state index contributed by atoms with van der Waals surface area (Å²) in [6.07, 6.45) is 3.16. The molecular weight excluding hydrogens is 390 g/mol. The van der Waals surface area contributed by atoms with Crippen molar-refractivity contribution in [3.63, 3.8) is 0 Å². The van der Waals surface area contributed by atoms with Crippen molar-refractivity contribution in [2.45, 2.75) is 6.92 Å². The first-order chi connectivity index (χ1) is 15.0. The Kier molecular flexibility index (Phi) is 5.67. The van der Waals surface area contributed by atoms with Gasteiger partial charge in [0.2, 0.25) is 11.7 Å². The Bertz CT molecular complexity index is 1270. The van der Waals surface area contributed by atoms with E-state index in [9.17, 15) is 9.59 Å². The Hall–Kier alpha value is -4.12. The first-order valence-corrected chi connectivity index (χ1v) is 9.81. The van der Waals surface area contributed by atoms with Gasteiger partial charge in [0.25, 0.3) is 0 Å². The Balaban J connectivity index is 1.65. The molecule has 0 aliphatic carbocycles. The average Bonchev–Trinajstić information content (AvgIpc) is 3.16. The Morgan fingerprint density at radius 1 is 0.935 bits per heavy atom. The van der Waals surface area contributed by atoms with E-state index in [0.717, 1.165) is 11.1 Å². The lowest BCUT2D eigenvalue weighted by Gasteiger charge is -2.05. The third kappa shape index (κ3) is 4.41. The number of fused-ring (bicyclic) bond motifs is 1.